The van der Waals surface area contributed by atoms with Gasteiger partial charge in [-0.15, -0.1) is 0 Å². The molecule has 0 saturated heterocycles. The summed E-state index contributed by atoms with van der Waals surface area (Å²) in [6, 6.07) is 12.6. The standard InChI is InChI=1S/C23H22FIN2O3/c24-15-4-8-20-18(11-15)19-12-17(7-9-21(19)27(20)13-23(29)30)26-22(28)10-3-14-1-5-16(25)6-2-14/h1-2,4-6,8,11,17H,3,7,9-10,12-13H2,(H,26,28)(H,29,30)/t17-/m0/s1. The van der Waals surface area contributed by atoms with Crippen molar-refractivity contribution in [2.75, 3.05) is 0 Å². The summed E-state index contributed by atoms with van der Waals surface area (Å²) in [5.74, 6) is -1.27. The highest BCUT2D eigenvalue weighted by atomic mass is 127. The lowest BCUT2D eigenvalue weighted by molar-refractivity contribution is -0.137. The highest BCUT2D eigenvalue weighted by Gasteiger charge is 2.27. The number of carboxylic acids is 1. The van der Waals surface area contributed by atoms with Gasteiger partial charge < -0.3 is 15.0 Å². The van der Waals surface area contributed by atoms with Gasteiger partial charge in [-0.25, -0.2) is 4.39 Å². The van der Waals surface area contributed by atoms with Crippen molar-refractivity contribution in [2.24, 2.45) is 0 Å². The number of aromatic nitrogens is 1. The van der Waals surface area contributed by atoms with Gasteiger partial charge in [0, 0.05) is 32.6 Å². The first-order valence-corrected chi connectivity index (χ1v) is 11.0. The summed E-state index contributed by atoms with van der Waals surface area (Å²) in [5.41, 5.74) is 3.74. The molecular weight excluding hydrogens is 498 g/mol. The van der Waals surface area contributed by atoms with Crippen LogP contribution in [0.15, 0.2) is 42.5 Å². The smallest absolute Gasteiger partial charge is 0.323 e. The fourth-order valence-electron chi connectivity index (χ4n) is 4.27. The first kappa shape index (κ1) is 20.8. The van der Waals surface area contributed by atoms with Crippen LogP contribution in [0.5, 0.6) is 0 Å². The quantitative estimate of drug-likeness (QED) is 0.482. The van der Waals surface area contributed by atoms with E-state index in [9.17, 15) is 19.1 Å². The summed E-state index contributed by atoms with van der Waals surface area (Å²) in [5, 5.41) is 13.1. The number of benzene rings is 2. The van der Waals surface area contributed by atoms with Crippen LogP contribution >= 0.6 is 22.6 Å². The van der Waals surface area contributed by atoms with Crippen LogP contribution in [0.25, 0.3) is 10.9 Å². The molecule has 1 heterocycles. The van der Waals surface area contributed by atoms with E-state index >= 15 is 0 Å². The second-order valence-electron chi connectivity index (χ2n) is 7.70. The van der Waals surface area contributed by atoms with Crippen molar-refractivity contribution in [1.29, 1.82) is 0 Å². The molecule has 1 atom stereocenters. The van der Waals surface area contributed by atoms with E-state index in [0.29, 0.717) is 25.7 Å². The minimum absolute atomic E-state index is 0.00227. The number of aryl methyl sites for hydroxylation is 1. The molecular formula is C23H22FIN2O3. The molecule has 0 spiro atoms. The number of nitrogens with one attached hydrogen (secondary N) is 1. The van der Waals surface area contributed by atoms with Gasteiger partial charge >= 0.3 is 5.97 Å². The van der Waals surface area contributed by atoms with Crippen molar-refractivity contribution in [1.82, 2.24) is 9.88 Å². The molecule has 0 unspecified atom stereocenters. The first-order chi connectivity index (χ1) is 14.4. The molecule has 4 rings (SSSR count). The number of rotatable bonds is 6. The molecule has 1 amide bonds. The first-order valence-electron chi connectivity index (χ1n) is 9.96. The average molecular weight is 520 g/mol. The molecule has 7 heteroatoms. The van der Waals surface area contributed by atoms with Crippen LogP contribution in [0.1, 0.15) is 29.7 Å². The van der Waals surface area contributed by atoms with E-state index in [-0.39, 0.29) is 24.3 Å². The third-order valence-corrected chi connectivity index (χ3v) is 6.36. The van der Waals surface area contributed by atoms with E-state index in [4.69, 9.17) is 0 Å². The number of carbonyl (C=O) groups is 2. The minimum atomic E-state index is -0.926. The number of halogens is 2. The van der Waals surface area contributed by atoms with Gasteiger partial charge in [0.2, 0.25) is 5.91 Å². The largest absolute Gasteiger partial charge is 0.480 e. The highest BCUT2D eigenvalue weighted by Crippen LogP contribution is 2.33. The molecule has 1 aliphatic carbocycles. The summed E-state index contributed by atoms with van der Waals surface area (Å²) in [6.07, 6.45) is 3.07. The SMILES string of the molecule is O=C(O)Cn1c2c(c3cc(F)ccc31)C[C@@H](NC(=O)CCc1ccc(I)cc1)CC2. The molecule has 2 aromatic carbocycles. The van der Waals surface area contributed by atoms with Gasteiger partial charge in [0.25, 0.3) is 0 Å². The number of hydrogen-bond acceptors (Lipinski definition) is 2. The van der Waals surface area contributed by atoms with Crippen molar-refractivity contribution in [3.63, 3.8) is 0 Å². The maximum absolute atomic E-state index is 13.9. The molecule has 0 fully saturated rings. The summed E-state index contributed by atoms with van der Waals surface area (Å²) in [4.78, 5) is 23.8. The van der Waals surface area contributed by atoms with E-state index in [1.807, 2.05) is 24.3 Å². The fraction of sp³-hybridized carbons (Fsp3) is 0.304. The molecule has 3 aromatic rings. The molecule has 0 saturated carbocycles. The Hall–Kier alpha value is -2.42. The van der Waals surface area contributed by atoms with Crippen molar-refractivity contribution in [3.8, 4) is 0 Å². The molecule has 2 N–H and O–H groups in total. The van der Waals surface area contributed by atoms with E-state index in [2.05, 4.69) is 27.9 Å². The highest BCUT2D eigenvalue weighted by molar-refractivity contribution is 14.1. The summed E-state index contributed by atoms with van der Waals surface area (Å²) in [6.45, 7) is -0.148. The third kappa shape index (κ3) is 4.50. The van der Waals surface area contributed by atoms with E-state index < -0.39 is 5.97 Å². The van der Waals surface area contributed by atoms with Gasteiger partial charge in [-0.1, -0.05) is 12.1 Å². The number of hydrogen-bond donors (Lipinski definition) is 2. The Bertz CT molecular complexity index is 1110. The number of fused-ring (bicyclic) bond motifs is 3. The molecule has 1 aromatic heterocycles. The topological polar surface area (TPSA) is 71.3 Å². The molecule has 5 nitrogen and oxygen atoms in total. The van der Waals surface area contributed by atoms with Gasteiger partial charge in [0.1, 0.15) is 12.4 Å². The number of amides is 1. The zero-order valence-corrected chi connectivity index (χ0v) is 18.5. The van der Waals surface area contributed by atoms with Crippen LogP contribution in [-0.4, -0.2) is 27.6 Å². The van der Waals surface area contributed by atoms with Crippen LogP contribution in [0, 0.1) is 9.39 Å². The maximum Gasteiger partial charge on any atom is 0.323 e. The van der Waals surface area contributed by atoms with Crippen molar-refractivity contribution in [2.45, 2.75) is 44.7 Å². The lowest BCUT2D eigenvalue weighted by Gasteiger charge is -2.25. The molecule has 0 aliphatic heterocycles. The number of nitrogens with zero attached hydrogens (tertiary/aromatic N) is 1. The second kappa shape index (κ2) is 8.75. The Labute approximate surface area is 187 Å². The van der Waals surface area contributed by atoms with Gasteiger partial charge in [0.05, 0.1) is 0 Å². The molecule has 30 heavy (non-hydrogen) atoms. The van der Waals surface area contributed by atoms with Crippen molar-refractivity contribution in [3.05, 3.63) is 68.7 Å². The lowest BCUT2D eigenvalue weighted by Crippen LogP contribution is -2.39. The van der Waals surface area contributed by atoms with E-state index in [1.54, 1.807) is 10.6 Å². The second-order valence-corrected chi connectivity index (χ2v) is 8.95. The van der Waals surface area contributed by atoms with Crippen LogP contribution in [0.4, 0.5) is 4.39 Å². The Morgan fingerprint density at radius 1 is 1.20 bits per heavy atom. The fourth-order valence-corrected chi connectivity index (χ4v) is 4.63. The third-order valence-electron chi connectivity index (χ3n) is 5.64. The van der Waals surface area contributed by atoms with Gasteiger partial charge in [-0.3, -0.25) is 9.59 Å². The molecule has 0 radical (unpaired) electrons. The monoisotopic (exact) mass is 520 g/mol. The predicted molar refractivity (Wildman–Crippen MR) is 121 cm³/mol. The summed E-state index contributed by atoms with van der Waals surface area (Å²) < 4.78 is 16.8. The Morgan fingerprint density at radius 2 is 1.97 bits per heavy atom. The zero-order valence-electron chi connectivity index (χ0n) is 16.3. The maximum atomic E-state index is 13.9. The molecule has 0 bridgehead atoms. The predicted octanol–water partition coefficient (Wildman–Crippen LogP) is 4.08. The summed E-state index contributed by atoms with van der Waals surface area (Å²) >= 11 is 2.25. The Balaban J connectivity index is 1.48. The summed E-state index contributed by atoms with van der Waals surface area (Å²) in [7, 11) is 0. The van der Waals surface area contributed by atoms with Gasteiger partial charge in [-0.05, 0) is 89.7 Å². The van der Waals surface area contributed by atoms with Crippen molar-refractivity contribution < 1.29 is 19.1 Å². The minimum Gasteiger partial charge on any atom is -0.480 e. The lowest BCUT2D eigenvalue weighted by atomic mass is 9.91. The van der Waals surface area contributed by atoms with Crippen LogP contribution in [0.2, 0.25) is 0 Å². The molecule has 1 aliphatic rings. The molecule has 156 valence electrons. The van der Waals surface area contributed by atoms with Crippen LogP contribution in [-0.2, 0) is 35.4 Å². The average Bonchev–Trinajstić information content (AvgIpc) is 2.99. The van der Waals surface area contributed by atoms with Gasteiger partial charge in [-0.2, -0.15) is 0 Å². The normalized spacial score (nSPS) is 15.7. The number of aliphatic carboxylic acids is 1. The number of carbonyl (C=O) groups excluding carboxylic acids is 1. The van der Waals surface area contributed by atoms with Crippen LogP contribution in [0.3, 0.4) is 0 Å². The van der Waals surface area contributed by atoms with E-state index in [1.165, 1.54) is 12.1 Å². The zero-order chi connectivity index (χ0) is 21.3. The van der Waals surface area contributed by atoms with Crippen LogP contribution < -0.4 is 5.32 Å². The van der Waals surface area contributed by atoms with Gasteiger partial charge in [0.15, 0.2) is 0 Å². The van der Waals surface area contributed by atoms with Crippen molar-refractivity contribution >= 4 is 45.4 Å². The van der Waals surface area contributed by atoms with E-state index in [0.717, 1.165) is 37.7 Å². The Kier molecular flexibility index (Phi) is 6.08. The Morgan fingerprint density at radius 3 is 2.70 bits per heavy atom. The number of carboxylic acid groups (broad SMARTS) is 1.